The maximum absolute atomic E-state index is 11.2. The van der Waals surface area contributed by atoms with Crippen molar-refractivity contribution in [2.75, 3.05) is 6.54 Å². The van der Waals surface area contributed by atoms with E-state index < -0.39 is 5.91 Å². The molecule has 0 bridgehead atoms. The van der Waals surface area contributed by atoms with Gasteiger partial charge >= 0.3 is 0 Å². The van der Waals surface area contributed by atoms with Crippen molar-refractivity contribution in [1.29, 1.82) is 0 Å². The molecule has 1 aromatic rings. The van der Waals surface area contributed by atoms with Crippen molar-refractivity contribution in [2.24, 2.45) is 5.84 Å². The van der Waals surface area contributed by atoms with Crippen molar-refractivity contribution in [3.63, 3.8) is 0 Å². The summed E-state index contributed by atoms with van der Waals surface area (Å²) >= 11 is 1.32. The van der Waals surface area contributed by atoms with E-state index >= 15 is 0 Å². The lowest BCUT2D eigenvalue weighted by atomic mass is 10.4. The fourth-order valence-corrected chi connectivity index (χ4v) is 1.35. The maximum Gasteiger partial charge on any atom is 0.261 e. The number of hydrogen-bond donors (Lipinski definition) is 3. The topological polar surface area (TPSA) is 84.2 Å². The highest BCUT2D eigenvalue weighted by Gasteiger charge is 2.06. The van der Waals surface area contributed by atoms with E-state index in [-0.39, 0.29) is 12.5 Å². The standard InChI is InChI=1S/C7H9N3O2S/c8-10-6(11)4-9-7(12)5-2-1-3-13-5/h1-3H,4,8H2,(H,9,12)(H,10,11). The van der Waals surface area contributed by atoms with Crippen LogP contribution in [0, 0.1) is 0 Å². The molecule has 0 unspecified atom stereocenters. The second kappa shape index (κ2) is 4.58. The first-order valence-electron chi connectivity index (χ1n) is 3.55. The maximum atomic E-state index is 11.2. The van der Waals surface area contributed by atoms with Crippen LogP contribution in [0.25, 0.3) is 0 Å². The highest BCUT2D eigenvalue weighted by Crippen LogP contribution is 2.07. The predicted molar refractivity (Wildman–Crippen MR) is 49.0 cm³/mol. The minimum atomic E-state index is -0.426. The summed E-state index contributed by atoms with van der Waals surface area (Å²) in [6.07, 6.45) is 0. The lowest BCUT2D eigenvalue weighted by Gasteiger charge is -2.00. The quantitative estimate of drug-likeness (QED) is 0.347. The molecule has 13 heavy (non-hydrogen) atoms. The lowest BCUT2D eigenvalue weighted by Crippen LogP contribution is -2.39. The third-order valence-corrected chi connectivity index (χ3v) is 2.18. The van der Waals surface area contributed by atoms with Crippen molar-refractivity contribution in [3.05, 3.63) is 22.4 Å². The Bertz CT molecular complexity index is 297. The van der Waals surface area contributed by atoms with Gasteiger partial charge < -0.3 is 5.32 Å². The van der Waals surface area contributed by atoms with Gasteiger partial charge in [-0.05, 0) is 11.4 Å². The molecule has 4 N–H and O–H groups in total. The number of nitrogens with one attached hydrogen (secondary N) is 2. The van der Waals surface area contributed by atoms with Crippen molar-refractivity contribution < 1.29 is 9.59 Å². The van der Waals surface area contributed by atoms with Gasteiger partial charge in [0, 0.05) is 0 Å². The SMILES string of the molecule is NNC(=O)CNC(=O)c1cccs1. The van der Waals surface area contributed by atoms with Gasteiger partial charge in [-0.2, -0.15) is 0 Å². The fraction of sp³-hybridized carbons (Fsp3) is 0.143. The molecule has 70 valence electrons. The number of hydrazine groups is 1. The largest absolute Gasteiger partial charge is 0.342 e. The Morgan fingerprint density at radius 3 is 2.85 bits per heavy atom. The van der Waals surface area contributed by atoms with Crippen LogP contribution in [0.15, 0.2) is 17.5 Å². The molecule has 1 rings (SSSR count). The van der Waals surface area contributed by atoms with E-state index in [2.05, 4.69) is 5.32 Å². The van der Waals surface area contributed by atoms with Gasteiger partial charge in [-0.1, -0.05) is 6.07 Å². The van der Waals surface area contributed by atoms with Crippen LogP contribution in [0.3, 0.4) is 0 Å². The molecule has 0 aliphatic carbocycles. The first-order chi connectivity index (χ1) is 6.24. The van der Waals surface area contributed by atoms with Gasteiger partial charge in [0.15, 0.2) is 0 Å². The Balaban J connectivity index is 2.39. The highest BCUT2D eigenvalue weighted by atomic mass is 32.1. The first-order valence-corrected chi connectivity index (χ1v) is 4.43. The minimum absolute atomic E-state index is 0.104. The third kappa shape index (κ3) is 2.85. The summed E-state index contributed by atoms with van der Waals surface area (Å²) in [4.78, 5) is 22.4. The molecule has 1 heterocycles. The normalized spacial score (nSPS) is 9.31. The Morgan fingerprint density at radius 1 is 1.54 bits per heavy atom. The molecule has 0 radical (unpaired) electrons. The molecule has 0 atom stereocenters. The number of nitrogens with two attached hydrogens (primary N) is 1. The minimum Gasteiger partial charge on any atom is -0.342 e. The van der Waals surface area contributed by atoms with E-state index in [0.29, 0.717) is 4.88 Å². The van der Waals surface area contributed by atoms with Crippen LogP contribution in [0.5, 0.6) is 0 Å². The van der Waals surface area contributed by atoms with Crippen LogP contribution in [-0.2, 0) is 4.79 Å². The van der Waals surface area contributed by atoms with E-state index in [1.807, 2.05) is 5.43 Å². The summed E-state index contributed by atoms with van der Waals surface area (Å²) in [5.41, 5.74) is 1.92. The molecule has 0 fully saturated rings. The zero-order valence-corrected chi connectivity index (χ0v) is 7.56. The number of rotatable bonds is 3. The highest BCUT2D eigenvalue weighted by molar-refractivity contribution is 7.12. The zero-order valence-electron chi connectivity index (χ0n) is 6.74. The Labute approximate surface area is 78.9 Å². The predicted octanol–water partition coefficient (Wildman–Crippen LogP) is -0.532. The molecule has 5 nitrogen and oxygen atoms in total. The Kier molecular flexibility index (Phi) is 3.41. The van der Waals surface area contributed by atoms with Crippen molar-refractivity contribution in [3.8, 4) is 0 Å². The number of carbonyl (C=O) groups excluding carboxylic acids is 2. The van der Waals surface area contributed by atoms with Gasteiger partial charge in [-0.3, -0.25) is 15.0 Å². The van der Waals surface area contributed by atoms with E-state index in [0.717, 1.165) is 0 Å². The summed E-state index contributed by atoms with van der Waals surface area (Å²) < 4.78 is 0. The molecule has 2 amide bonds. The molecule has 0 saturated carbocycles. The molecular weight excluding hydrogens is 190 g/mol. The summed E-state index contributed by atoms with van der Waals surface area (Å²) in [5, 5.41) is 4.20. The molecule has 0 aliphatic rings. The van der Waals surface area contributed by atoms with Crippen LogP contribution >= 0.6 is 11.3 Å². The van der Waals surface area contributed by atoms with Gasteiger partial charge in [-0.15, -0.1) is 11.3 Å². The second-order valence-corrected chi connectivity index (χ2v) is 3.18. The van der Waals surface area contributed by atoms with Crippen LogP contribution in [-0.4, -0.2) is 18.4 Å². The fourth-order valence-electron chi connectivity index (χ4n) is 0.706. The van der Waals surface area contributed by atoms with Crippen LogP contribution in [0.1, 0.15) is 9.67 Å². The van der Waals surface area contributed by atoms with Gasteiger partial charge in [0.25, 0.3) is 11.8 Å². The smallest absolute Gasteiger partial charge is 0.261 e. The lowest BCUT2D eigenvalue weighted by molar-refractivity contribution is -0.120. The van der Waals surface area contributed by atoms with Crippen molar-refractivity contribution in [2.45, 2.75) is 0 Å². The van der Waals surface area contributed by atoms with Gasteiger partial charge in [0.1, 0.15) is 0 Å². The second-order valence-electron chi connectivity index (χ2n) is 2.23. The molecule has 0 aliphatic heterocycles. The summed E-state index contributed by atoms with van der Waals surface area (Å²) in [5.74, 6) is 4.14. The molecule has 6 heteroatoms. The average molecular weight is 199 g/mol. The number of thiophene rings is 1. The average Bonchev–Trinajstić information content (AvgIpc) is 2.66. The van der Waals surface area contributed by atoms with Gasteiger partial charge in [0.2, 0.25) is 0 Å². The Morgan fingerprint density at radius 2 is 2.31 bits per heavy atom. The van der Waals surface area contributed by atoms with Crippen LogP contribution < -0.4 is 16.6 Å². The summed E-state index contributed by atoms with van der Waals surface area (Å²) in [7, 11) is 0. The third-order valence-electron chi connectivity index (χ3n) is 1.32. The number of amides is 2. The van der Waals surface area contributed by atoms with Crippen molar-refractivity contribution in [1.82, 2.24) is 10.7 Å². The van der Waals surface area contributed by atoms with Gasteiger partial charge in [-0.25, -0.2) is 5.84 Å². The molecule has 0 spiro atoms. The Hall–Kier alpha value is -1.40. The zero-order chi connectivity index (χ0) is 9.68. The van der Waals surface area contributed by atoms with E-state index in [4.69, 9.17) is 5.84 Å². The van der Waals surface area contributed by atoms with Crippen LogP contribution in [0.4, 0.5) is 0 Å². The van der Waals surface area contributed by atoms with Gasteiger partial charge in [0.05, 0.1) is 11.4 Å². The molecule has 0 saturated heterocycles. The van der Waals surface area contributed by atoms with E-state index in [1.165, 1.54) is 11.3 Å². The monoisotopic (exact) mass is 199 g/mol. The van der Waals surface area contributed by atoms with E-state index in [1.54, 1.807) is 17.5 Å². The first kappa shape index (κ1) is 9.69. The molecular formula is C7H9N3O2S. The number of hydrogen-bond acceptors (Lipinski definition) is 4. The summed E-state index contributed by atoms with van der Waals surface area (Å²) in [6.45, 7) is -0.104. The summed E-state index contributed by atoms with van der Waals surface area (Å²) in [6, 6.07) is 3.45. The van der Waals surface area contributed by atoms with Crippen LogP contribution in [0.2, 0.25) is 0 Å². The molecule has 1 aromatic heterocycles. The number of carbonyl (C=O) groups is 2. The van der Waals surface area contributed by atoms with E-state index in [9.17, 15) is 9.59 Å². The molecule has 0 aromatic carbocycles. The van der Waals surface area contributed by atoms with Crippen molar-refractivity contribution >= 4 is 23.2 Å².